The third kappa shape index (κ3) is 3.19. The molecule has 0 spiro atoms. The summed E-state index contributed by atoms with van der Waals surface area (Å²) >= 11 is 9.29. The van der Waals surface area contributed by atoms with E-state index in [0.29, 0.717) is 6.04 Å². The fourth-order valence-corrected chi connectivity index (χ4v) is 4.12. The molecule has 0 unspecified atom stereocenters. The van der Waals surface area contributed by atoms with E-state index in [1.807, 2.05) is 0 Å². The van der Waals surface area contributed by atoms with Gasteiger partial charge in [-0.1, -0.05) is 41.4 Å². The zero-order valence-electron chi connectivity index (χ0n) is 14.0. The van der Waals surface area contributed by atoms with Crippen LogP contribution in [0.1, 0.15) is 39.2 Å². The normalized spacial score (nSPS) is 18.2. The van der Waals surface area contributed by atoms with Crippen molar-refractivity contribution < 1.29 is 0 Å². The standard InChI is InChI=1S/C18H24BrN3S/c1-4-13(5-2)8-9-21-11-14-15(19)6-7-16-17(14)22(10-12(21)3)18(23)20-16/h6-8,12H,4-5,9-11H2,1-3H3,(H,20,23)/t12-/m0/s1. The smallest absolute Gasteiger partial charge is 0.178 e. The molecule has 0 radical (unpaired) electrons. The molecule has 2 aromatic rings. The Kier molecular flexibility index (Phi) is 5.09. The van der Waals surface area contributed by atoms with Crippen molar-refractivity contribution in [1.82, 2.24) is 14.5 Å². The number of aromatic nitrogens is 2. The summed E-state index contributed by atoms with van der Waals surface area (Å²) in [5.74, 6) is 0. The van der Waals surface area contributed by atoms with Gasteiger partial charge in [0, 0.05) is 35.7 Å². The predicted octanol–water partition coefficient (Wildman–Crippen LogP) is 5.41. The molecular formula is C18H24BrN3S. The summed E-state index contributed by atoms with van der Waals surface area (Å²) in [6.45, 7) is 9.66. The van der Waals surface area contributed by atoms with Crippen LogP contribution in [0.25, 0.3) is 11.0 Å². The average molecular weight is 394 g/mol. The molecule has 1 aromatic heterocycles. The van der Waals surface area contributed by atoms with Gasteiger partial charge in [-0.2, -0.15) is 0 Å². The maximum Gasteiger partial charge on any atom is 0.178 e. The van der Waals surface area contributed by atoms with E-state index >= 15 is 0 Å². The summed E-state index contributed by atoms with van der Waals surface area (Å²) < 4.78 is 4.26. The average Bonchev–Trinajstić information content (AvgIpc) is 2.75. The molecule has 1 N–H and O–H groups in total. The summed E-state index contributed by atoms with van der Waals surface area (Å²) in [4.78, 5) is 5.89. The SMILES string of the molecule is CCC(=CCN1Cc2c(Br)ccc3[nH]c(=S)n(c23)C[C@@H]1C)CC. The lowest BCUT2D eigenvalue weighted by molar-refractivity contribution is 0.210. The molecule has 1 aliphatic rings. The van der Waals surface area contributed by atoms with E-state index in [0.717, 1.165) is 42.8 Å². The highest BCUT2D eigenvalue weighted by atomic mass is 79.9. The number of hydrogen-bond donors (Lipinski definition) is 1. The van der Waals surface area contributed by atoms with Gasteiger partial charge in [-0.05, 0) is 44.1 Å². The molecule has 1 aliphatic heterocycles. The Balaban J connectivity index is 2.01. The lowest BCUT2D eigenvalue weighted by Crippen LogP contribution is -2.34. The van der Waals surface area contributed by atoms with Gasteiger partial charge in [0.2, 0.25) is 0 Å². The molecule has 0 amide bonds. The minimum absolute atomic E-state index is 0.450. The summed E-state index contributed by atoms with van der Waals surface area (Å²) in [7, 11) is 0. The maximum absolute atomic E-state index is 5.55. The molecule has 0 bridgehead atoms. The Labute approximate surface area is 151 Å². The Hall–Kier alpha value is -0.910. The van der Waals surface area contributed by atoms with Gasteiger partial charge in [0.25, 0.3) is 0 Å². The van der Waals surface area contributed by atoms with Crippen molar-refractivity contribution in [3.05, 3.63) is 38.6 Å². The molecule has 1 aromatic carbocycles. The van der Waals surface area contributed by atoms with Crippen LogP contribution < -0.4 is 0 Å². The number of aromatic amines is 1. The number of rotatable bonds is 4. The number of allylic oxidation sites excluding steroid dienone is 1. The second kappa shape index (κ2) is 6.91. The van der Waals surface area contributed by atoms with Crippen molar-refractivity contribution in [2.24, 2.45) is 0 Å². The molecule has 23 heavy (non-hydrogen) atoms. The largest absolute Gasteiger partial charge is 0.331 e. The third-order valence-electron chi connectivity index (χ3n) is 4.94. The van der Waals surface area contributed by atoms with E-state index < -0.39 is 0 Å². The fourth-order valence-electron chi connectivity index (χ4n) is 3.40. The molecule has 2 heterocycles. The van der Waals surface area contributed by atoms with Gasteiger partial charge in [0.1, 0.15) is 0 Å². The van der Waals surface area contributed by atoms with Crippen molar-refractivity contribution in [3.8, 4) is 0 Å². The topological polar surface area (TPSA) is 24.0 Å². The van der Waals surface area contributed by atoms with E-state index in [9.17, 15) is 0 Å². The molecular weight excluding hydrogens is 370 g/mol. The zero-order chi connectivity index (χ0) is 16.6. The molecule has 0 aliphatic carbocycles. The lowest BCUT2D eigenvalue weighted by Gasteiger charge is -2.26. The van der Waals surface area contributed by atoms with Gasteiger partial charge in [0.05, 0.1) is 11.0 Å². The van der Waals surface area contributed by atoms with Crippen LogP contribution in [0.2, 0.25) is 0 Å². The molecule has 0 fully saturated rings. The lowest BCUT2D eigenvalue weighted by atomic mass is 10.1. The first-order valence-electron chi connectivity index (χ1n) is 8.37. The second-order valence-electron chi connectivity index (χ2n) is 6.31. The van der Waals surface area contributed by atoms with Crippen molar-refractivity contribution in [2.75, 3.05) is 6.54 Å². The number of H-pyrrole nitrogens is 1. The molecule has 1 atom stereocenters. The molecule has 0 saturated carbocycles. The Morgan fingerprint density at radius 1 is 1.39 bits per heavy atom. The highest BCUT2D eigenvalue weighted by Gasteiger charge is 2.24. The first-order valence-corrected chi connectivity index (χ1v) is 9.57. The van der Waals surface area contributed by atoms with Gasteiger partial charge in [0.15, 0.2) is 4.77 Å². The van der Waals surface area contributed by atoms with Crippen LogP contribution in [0.4, 0.5) is 0 Å². The van der Waals surface area contributed by atoms with Crippen LogP contribution in [0.5, 0.6) is 0 Å². The Morgan fingerprint density at radius 3 is 2.83 bits per heavy atom. The van der Waals surface area contributed by atoms with E-state index in [1.165, 1.54) is 21.1 Å². The van der Waals surface area contributed by atoms with Crippen molar-refractivity contribution in [3.63, 3.8) is 0 Å². The Bertz CT molecular complexity index is 796. The maximum atomic E-state index is 5.55. The third-order valence-corrected chi connectivity index (χ3v) is 6.00. The monoisotopic (exact) mass is 393 g/mol. The predicted molar refractivity (Wildman–Crippen MR) is 103 cm³/mol. The number of nitrogens with zero attached hydrogens (tertiary/aromatic N) is 2. The molecule has 3 rings (SSSR count). The highest BCUT2D eigenvalue weighted by Crippen LogP contribution is 2.31. The van der Waals surface area contributed by atoms with Crippen molar-refractivity contribution >= 4 is 39.2 Å². The first-order chi connectivity index (χ1) is 11.0. The highest BCUT2D eigenvalue weighted by molar-refractivity contribution is 9.10. The number of imidazole rings is 1. The van der Waals surface area contributed by atoms with E-state index in [2.05, 4.69) is 69.4 Å². The van der Waals surface area contributed by atoms with Gasteiger partial charge in [-0.3, -0.25) is 4.90 Å². The van der Waals surface area contributed by atoms with E-state index in [1.54, 1.807) is 0 Å². The Morgan fingerprint density at radius 2 is 2.13 bits per heavy atom. The van der Waals surface area contributed by atoms with Crippen LogP contribution in [0.15, 0.2) is 28.3 Å². The minimum atomic E-state index is 0.450. The molecule has 5 heteroatoms. The molecule has 3 nitrogen and oxygen atoms in total. The van der Waals surface area contributed by atoms with Gasteiger partial charge in [-0.15, -0.1) is 0 Å². The molecule has 0 saturated heterocycles. The van der Waals surface area contributed by atoms with Gasteiger partial charge >= 0.3 is 0 Å². The minimum Gasteiger partial charge on any atom is -0.331 e. The van der Waals surface area contributed by atoms with Gasteiger partial charge < -0.3 is 9.55 Å². The number of halogens is 1. The summed E-state index contributed by atoms with van der Waals surface area (Å²) in [6.07, 6.45) is 4.69. The second-order valence-corrected chi connectivity index (χ2v) is 7.55. The number of hydrogen-bond acceptors (Lipinski definition) is 2. The fraction of sp³-hybridized carbons (Fsp3) is 0.500. The summed E-state index contributed by atoms with van der Waals surface area (Å²) in [6, 6.07) is 4.69. The number of nitrogens with one attached hydrogen (secondary N) is 1. The summed E-state index contributed by atoms with van der Waals surface area (Å²) in [5, 5.41) is 0. The van der Waals surface area contributed by atoms with Crippen LogP contribution >= 0.6 is 28.1 Å². The van der Waals surface area contributed by atoms with Crippen molar-refractivity contribution in [2.45, 2.75) is 52.7 Å². The van der Waals surface area contributed by atoms with Crippen LogP contribution in [0, 0.1) is 4.77 Å². The van der Waals surface area contributed by atoms with Crippen LogP contribution in [0.3, 0.4) is 0 Å². The van der Waals surface area contributed by atoms with E-state index in [-0.39, 0.29) is 0 Å². The van der Waals surface area contributed by atoms with Crippen LogP contribution in [-0.4, -0.2) is 27.0 Å². The van der Waals surface area contributed by atoms with E-state index in [4.69, 9.17) is 12.2 Å². The van der Waals surface area contributed by atoms with Gasteiger partial charge in [-0.25, -0.2) is 0 Å². The quantitative estimate of drug-likeness (QED) is 0.554. The molecule has 124 valence electrons. The first kappa shape index (κ1) is 16.9. The summed E-state index contributed by atoms with van der Waals surface area (Å²) in [5.41, 5.74) is 5.27. The van der Waals surface area contributed by atoms with Crippen LogP contribution in [-0.2, 0) is 13.1 Å². The zero-order valence-corrected chi connectivity index (χ0v) is 16.4. The number of benzene rings is 1. The van der Waals surface area contributed by atoms with Crippen molar-refractivity contribution in [1.29, 1.82) is 0 Å².